The molecule has 3 nitrogen and oxygen atoms in total. The van der Waals surface area contributed by atoms with Gasteiger partial charge in [0.05, 0.1) is 9.75 Å². The average Bonchev–Trinajstić information content (AvgIpc) is 2.81. The van der Waals surface area contributed by atoms with Gasteiger partial charge in [-0.2, -0.15) is 0 Å². The summed E-state index contributed by atoms with van der Waals surface area (Å²) in [5.74, 6) is -0.148. The molecule has 6 heteroatoms. The molecule has 2 aromatic rings. The van der Waals surface area contributed by atoms with Gasteiger partial charge < -0.3 is 5.32 Å². The summed E-state index contributed by atoms with van der Waals surface area (Å²) in [6.07, 6.45) is 1.97. The third-order valence-electron chi connectivity index (χ3n) is 2.86. The Morgan fingerprint density at radius 3 is 2.55 bits per heavy atom. The monoisotopic (exact) mass is 370 g/mol. The van der Waals surface area contributed by atoms with Gasteiger partial charge in [0.25, 0.3) is 5.91 Å². The van der Waals surface area contributed by atoms with Gasteiger partial charge in [-0.25, -0.2) is 4.98 Å². The van der Waals surface area contributed by atoms with E-state index in [1.807, 2.05) is 50.4 Å². The SMILES string of the molecule is CSc1sc(C(=O)NC(C)(C)c2ccccc2)nc1Br. The minimum Gasteiger partial charge on any atom is -0.341 e. The van der Waals surface area contributed by atoms with Crippen molar-refractivity contribution in [2.45, 2.75) is 23.6 Å². The molecule has 1 amide bonds. The summed E-state index contributed by atoms with van der Waals surface area (Å²) in [6.45, 7) is 3.97. The van der Waals surface area contributed by atoms with E-state index in [9.17, 15) is 4.79 Å². The molecule has 106 valence electrons. The summed E-state index contributed by atoms with van der Waals surface area (Å²) in [4.78, 5) is 16.6. The van der Waals surface area contributed by atoms with Gasteiger partial charge >= 0.3 is 0 Å². The number of carbonyl (C=O) groups is 1. The molecule has 0 saturated carbocycles. The van der Waals surface area contributed by atoms with Crippen molar-refractivity contribution < 1.29 is 4.79 Å². The summed E-state index contributed by atoms with van der Waals surface area (Å²) >= 11 is 6.34. The number of hydrogen-bond acceptors (Lipinski definition) is 4. The molecule has 0 aliphatic heterocycles. The van der Waals surface area contributed by atoms with Crippen LogP contribution in [0, 0.1) is 0 Å². The lowest BCUT2D eigenvalue weighted by molar-refractivity contribution is 0.0911. The molecule has 2 rings (SSSR count). The molecule has 0 aliphatic rings. The van der Waals surface area contributed by atoms with Crippen LogP contribution in [0.2, 0.25) is 0 Å². The first-order valence-corrected chi connectivity index (χ1v) is 8.86. The van der Waals surface area contributed by atoms with Gasteiger partial charge in [-0.05, 0) is 41.6 Å². The minimum atomic E-state index is -0.435. The zero-order valence-electron chi connectivity index (χ0n) is 11.4. The van der Waals surface area contributed by atoms with Crippen molar-refractivity contribution in [3.63, 3.8) is 0 Å². The second kappa shape index (κ2) is 6.28. The maximum atomic E-state index is 12.3. The second-order valence-electron chi connectivity index (χ2n) is 4.75. The van der Waals surface area contributed by atoms with Crippen molar-refractivity contribution in [3.8, 4) is 0 Å². The van der Waals surface area contributed by atoms with Crippen LogP contribution >= 0.6 is 39.0 Å². The van der Waals surface area contributed by atoms with Gasteiger partial charge in [0.1, 0.15) is 4.60 Å². The normalized spacial score (nSPS) is 11.4. The van der Waals surface area contributed by atoms with Crippen molar-refractivity contribution in [3.05, 3.63) is 45.5 Å². The van der Waals surface area contributed by atoms with Crippen LogP contribution in [0.4, 0.5) is 0 Å². The molecule has 1 aromatic carbocycles. The zero-order valence-corrected chi connectivity index (χ0v) is 14.7. The lowest BCUT2D eigenvalue weighted by atomic mass is 9.94. The number of rotatable bonds is 4. The van der Waals surface area contributed by atoms with Crippen LogP contribution in [0.3, 0.4) is 0 Å². The Hall–Kier alpha value is -0.850. The fourth-order valence-corrected chi connectivity index (χ4v) is 4.17. The fraction of sp³-hybridized carbons (Fsp3) is 0.286. The van der Waals surface area contributed by atoms with Gasteiger partial charge in [-0.3, -0.25) is 4.79 Å². The number of thiazole rings is 1. The summed E-state index contributed by atoms with van der Waals surface area (Å²) < 4.78 is 1.74. The highest BCUT2D eigenvalue weighted by molar-refractivity contribution is 9.10. The van der Waals surface area contributed by atoms with Gasteiger partial charge in [-0.15, -0.1) is 23.1 Å². The van der Waals surface area contributed by atoms with E-state index in [0.29, 0.717) is 5.01 Å². The molecule has 0 atom stereocenters. The van der Waals surface area contributed by atoms with Crippen LogP contribution < -0.4 is 5.32 Å². The molecule has 0 fully saturated rings. The molecule has 0 saturated heterocycles. The first-order chi connectivity index (χ1) is 9.44. The van der Waals surface area contributed by atoms with Crippen LogP contribution in [-0.2, 0) is 5.54 Å². The average molecular weight is 371 g/mol. The maximum Gasteiger partial charge on any atom is 0.281 e. The first-order valence-electron chi connectivity index (χ1n) is 6.02. The number of halogens is 1. The molecular weight excluding hydrogens is 356 g/mol. The smallest absolute Gasteiger partial charge is 0.281 e. The van der Waals surface area contributed by atoms with E-state index in [4.69, 9.17) is 0 Å². The second-order valence-corrected chi connectivity index (χ2v) is 7.57. The van der Waals surface area contributed by atoms with E-state index in [0.717, 1.165) is 14.4 Å². The van der Waals surface area contributed by atoms with Crippen LogP contribution in [-0.4, -0.2) is 17.1 Å². The number of nitrogens with one attached hydrogen (secondary N) is 1. The molecule has 1 N–H and O–H groups in total. The third kappa shape index (κ3) is 3.42. The van der Waals surface area contributed by atoms with Crippen LogP contribution in [0.15, 0.2) is 39.1 Å². The predicted octanol–water partition coefficient (Wildman–Crippen LogP) is 4.29. The van der Waals surface area contributed by atoms with Crippen LogP contribution in [0.1, 0.15) is 29.2 Å². The number of amides is 1. The van der Waals surface area contributed by atoms with Crippen LogP contribution in [0.25, 0.3) is 0 Å². The third-order valence-corrected chi connectivity index (χ3v) is 6.12. The summed E-state index contributed by atoms with van der Waals surface area (Å²) in [5, 5.41) is 3.51. The van der Waals surface area contributed by atoms with E-state index in [1.165, 1.54) is 11.3 Å². The molecule has 0 radical (unpaired) electrons. The van der Waals surface area contributed by atoms with Crippen molar-refractivity contribution in [1.82, 2.24) is 10.3 Å². The molecule has 0 aliphatic carbocycles. The highest BCUT2D eigenvalue weighted by atomic mass is 79.9. The van der Waals surface area contributed by atoms with Crippen LogP contribution in [0.5, 0.6) is 0 Å². The van der Waals surface area contributed by atoms with Crippen molar-refractivity contribution in [2.24, 2.45) is 0 Å². The highest BCUT2D eigenvalue weighted by Gasteiger charge is 2.25. The highest BCUT2D eigenvalue weighted by Crippen LogP contribution is 2.32. The molecule has 1 heterocycles. The van der Waals surface area contributed by atoms with Gasteiger partial charge in [0.2, 0.25) is 0 Å². The maximum absolute atomic E-state index is 12.3. The summed E-state index contributed by atoms with van der Waals surface area (Å²) in [6, 6.07) is 9.91. The molecule has 1 aromatic heterocycles. The Labute approximate surface area is 135 Å². The number of nitrogens with zero attached hydrogens (tertiary/aromatic N) is 1. The lowest BCUT2D eigenvalue weighted by Crippen LogP contribution is -2.40. The summed E-state index contributed by atoms with van der Waals surface area (Å²) in [5.41, 5.74) is 0.629. The van der Waals surface area contributed by atoms with E-state index < -0.39 is 5.54 Å². The van der Waals surface area contributed by atoms with E-state index in [2.05, 4.69) is 26.2 Å². The quantitative estimate of drug-likeness (QED) is 0.816. The van der Waals surface area contributed by atoms with E-state index in [1.54, 1.807) is 11.8 Å². The Morgan fingerprint density at radius 2 is 2.00 bits per heavy atom. The van der Waals surface area contributed by atoms with Gasteiger partial charge in [-0.1, -0.05) is 30.3 Å². The number of carbonyl (C=O) groups excluding carboxylic acids is 1. The Morgan fingerprint density at radius 1 is 1.35 bits per heavy atom. The van der Waals surface area contributed by atoms with Crippen molar-refractivity contribution in [2.75, 3.05) is 6.26 Å². The number of benzene rings is 1. The number of hydrogen-bond donors (Lipinski definition) is 1. The Balaban J connectivity index is 2.18. The molecular formula is C14H15BrN2OS2. The molecule has 0 spiro atoms. The Bertz CT molecular complexity index is 611. The first kappa shape index (κ1) is 15.5. The largest absolute Gasteiger partial charge is 0.341 e. The van der Waals surface area contributed by atoms with Gasteiger partial charge in [0.15, 0.2) is 5.01 Å². The topological polar surface area (TPSA) is 42.0 Å². The number of thioether (sulfide) groups is 1. The number of aromatic nitrogens is 1. The Kier molecular flexibility index (Phi) is 4.88. The van der Waals surface area contributed by atoms with Crippen molar-refractivity contribution >= 4 is 44.9 Å². The fourth-order valence-electron chi connectivity index (χ4n) is 1.77. The van der Waals surface area contributed by atoms with E-state index >= 15 is 0 Å². The lowest BCUT2D eigenvalue weighted by Gasteiger charge is -2.26. The standard InChI is InChI=1S/C14H15BrN2OS2/c1-14(2,9-7-5-4-6-8-9)17-11(18)12-16-10(15)13(19-3)20-12/h4-8H,1-3H3,(H,17,18). The molecule has 20 heavy (non-hydrogen) atoms. The van der Waals surface area contributed by atoms with E-state index in [-0.39, 0.29) is 5.91 Å². The minimum absolute atomic E-state index is 0.148. The van der Waals surface area contributed by atoms with Gasteiger partial charge in [0, 0.05) is 0 Å². The molecule has 0 bridgehead atoms. The zero-order chi connectivity index (χ0) is 14.8. The predicted molar refractivity (Wildman–Crippen MR) is 88.5 cm³/mol. The summed E-state index contributed by atoms with van der Waals surface area (Å²) in [7, 11) is 0. The van der Waals surface area contributed by atoms with Crippen molar-refractivity contribution in [1.29, 1.82) is 0 Å². The molecule has 0 unspecified atom stereocenters.